The van der Waals surface area contributed by atoms with Gasteiger partial charge in [0.2, 0.25) is 0 Å². The maximum Gasteiger partial charge on any atom is 0.410 e. The Labute approximate surface area is 107 Å². The minimum atomic E-state index is -0.378. The number of halogens is 1. The number of hydrogen-bond acceptors (Lipinski definition) is 3. The summed E-state index contributed by atoms with van der Waals surface area (Å²) in [5, 5.41) is 8.90. The molecule has 0 bridgehead atoms. The lowest BCUT2D eigenvalue weighted by Gasteiger charge is -2.12. The Balaban J connectivity index is 2.00. The lowest BCUT2D eigenvalue weighted by Crippen LogP contribution is -2.25. The fourth-order valence-corrected chi connectivity index (χ4v) is 1.97. The molecular formula is C11H12INO3. The number of rotatable bonds is 3. The third kappa shape index (κ3) is 2.65. The number of carbonyl (C=O) groups is 1. The van der Waals surface area contributed by atoms with Gasteiger partial charge in [-0.2, -0.15) is 0 Å². The summed E-state index contributed by atoms with van der Waals surface area (Å²) in [5.41, 5.74) is 1.07. The van der Waals surface area contributed by atoms with E-state index in [-0.39, 0.29) is 18.8 Å². The average molecular weight is 333 g/mol. The molecule has 5 heteroatoms. The van der Waals surface area contributed by atoms with Crippen LogP contribution < -0.4 is 0 Å². The third-order valence-electron chi connectivity index (χ3n) is 2.44. The maximum absolute atomic E-state index is 11.4. The van der Waals surface area contributed by atoms with Gasteiger partial charge in [0.25, 0.3) is 0 Å². The molecular weight excluding hydrogens is 321 g/mol. The number of cyclic esters (lactones) is 1. The highest BCUT2D eigenvalue weighted by molar-refractivity contribution is 14.1. The Hall–Kier alpha value is -0.820. The SMILES string of the molecule is O=C1OC(CO)CN1Cc1ccc(I)cc1. The van der Waals surface area contributed by atoms with Crippen molar-refractivity contribution in [1.82, 2.24) is 4.90 Å². The highest BCUT2D eigenvalue weighted by atomic mass is 127. The minimum absolute atomic E-state index is 0.116. The van der Waals surface area contributed by atoms with Crippen LogP contribution >= 0.6 is 22.6 Å². The van der Waals surface area contributed by atoms with Gasteiger partial charge in [-0.25, -0.2) is 4.79 Å². The van der Waals surface area contributed by atoms with Crippen LogP contribution in [0.5, 0.6) is 0 Å². The van der Waals surface area contributed by atoms with E-state index >= 15 is 0 Å². The number of aliphatic hydroxyl groups is 1. The van der Waals surface area contributed by atoms with Crippen LogP contribution in [0.15, 0.2) is 24.3 Å². The van der Waals surface area contributed by atoms with Gasteiger partial charge >= 0.3 is 6.09 Å². The second-order valence-corrected chi connectivity index (χ2v) is 4.94. The van der Waals surface area contributed by atoms with Crippen molar-refractivity contribution in [2.75, 3.05) is 13.2 Å². The quantitative estimate of drug-likeness (QED) is 0.855. The van der Waals surface area contributed by atoms with Crippen molar-refractivity contribution in [3.63, 3.8) is 0 Å². The second-order valence-electron chi connectivity index (χ2n) is 3.70. The molecule has 16 heavy (non-hydrogen) atoms. The Kier molecular flexibility index (Phi) is 3.65. The van der Waals surface area contributed by atoms with E-state index in [2.05, 4.69) is 22.6 Å². The fourth-order valence-electron chi connectivity index (χ4n) is 1.61. The molecule has 1 fully saturated rings. The molecule has 1 aromatic rings. The zero-order chi connectivity index (χ0) is 11.5. The van der Waals surface area contributed by atoms with E-state index in [9.17, 15) is 4.79 Å². The van der Waals surface area contributed by atoms with E-state index in [4.69, 9.17) is 9.84 Å². The van der Waals surface area contributed by atoms with Crippen molar-refractivity contribution in [2.45, 2.75) is 12.6 Å². The number of ether oxygens (including phenoxy) is 1. The van der Waals surface area contributed by atoms with E-state index in [1.807, 2.05) is 24.3 Å². The molecule has 1 amide bonds. The van der Waals surface area contributed by atoms with Gasteiger partial charge in [-0.05, 0) is 40.3 Å². The Morgan fingerprint density at radius 2 is 2.12 bits per heavy atom. The molecule has 1 aliphatic rings. The lowest BCUT2D eigenvalue weighted by atomic mass is 10.2. The van der Waals surface area contributed by atoms with Gasteiger partial charge in [0.1, 0.15) is 6.10 Å². The van der Waals surface area contributed by atoms with Crippen molar-refractivity contribution in [3.8, 4) is 0 Å². The van der Waals surface area contributed by atoms with Gasteiger partial charge < -0.3 is 14.7 Å². The molecule has 0 saturated carbocycles. The highest BCUT2D eigenvalue weighted by Gasteiger charge is 2.30. The van der Waals surface area contributed by atoms with Crippen molar-refractivity contribution in [3.05, 3.63) is 33.4 Å². The van der Waals surface area contributed by atoms with Crippen LogP contribution in [-0.4, -0.2) is 35.4 Å². The van der Waals surface area contributed by atoms with E-state index in [0.29, 0.717) is 13.1 Å². The van der Waals surface area contributed by atoms with Crippen LogP contribution in [0.25, 0.3) is 0 Å². The summed E-state index contributed by atoms with van der Waals surface area (Å²) < 4.78 is 6.12. The van der Waals surface area contributed by atoms with Gasteiger partial charge in [0.15, 0.2) is 0 Å². The zero-order valence-corrected chi connectivity index (χ0v) is 10.8. The van der Waals surface area contributed by atoms with Crippen molar-refractivity contribution >= 4 is 28.7 Å². The minimum Gasteiger partial charge on any atom is -0.442 e. The van der Waals surface area contributed by atoms with Crippen molar-refractivity contribution < 1.29 is 14.6 Å². The van der Waals surface area contributed by atoms with Crippen LogP contribution in [0.1, 0.15) is 5.56 Å². The summed E-state index contributed by atoms with van der Waals surface area (Å²) >= 11 is 2.24. The number of carbonyl (C=O) groups excluding carboxylic acids is 1. The fraction of sp³-hybridized carbons (Fsp3) is 0.364. The average Bonchev–Trinajstić information content (AvgIpc) is 2.63. The molecule has 0 spiro atoms. The van der Waals surface area contributed by atoms with Gasteiger partial charge in [-0.3, -0.25) is 0 Å². The molecule has 0 aliphatic carbocycles. The first-order chi connectivity index (χ1) is 7.69. The molecule has 1 aliphatic heterocycles. The number of hydrogen-bond donors (Lipinski definition) is 1. The second kappa shape index (κ2) is 5.01. The maximum atomic E-state index is 11.4. The van der Waals surface area contributed by atoms with Crippen LogP contribution in [-0.2, 0) is 11.3 Å². The normalized spacial score (nSPS) is 20.0. The summed E-state index contributed by atoms with van der Waals surface area (Å²) in [5.74, 6) is 0. The third-order valence-corrected chi connectivity index (χ3v) is 3.16. The standard InChI is InChI=1S/C11H12INO3/c12-9-3-1-8(2-4-9)5-13-6-10(7-14)16-11(13)15/h1-4,10,14H,5-7H2. The van der Waals surface area contributed by atoms with Crippen LogP contribution in [0, 0.1) is 3.57 Å². The van der Waals surface area contributed by atoms with Gasteiger partial charge in [0, 0.05) is 10.1 Å². The van der Waals surface area contributed by atoms with E-state index < -0.39 is 0 Å². The predicted molar refractivity (Wildman–Crippen MR) is 66.9 cm³/mol. The number of benzene rings is 1. The largest absolute Gasteiger partial charge is 0.442 e. The topological polar surface area (TPSA) is 49.8 Å². The van der Waals surface area contributed by atoms with Crippen molar-refractivity contribution in [2.24, 2.45) is 0 Å². The molecule has 1 N–H and O–H groups in total. The first-order valence-electron chi connectivity index (χ1n) is 5.00. The Morgan fingerprint density at radius 1 is 1.44 bits per heavy atom. The summed E-state index contributed by atoms with van der Waals surface area (Å²) in [6, 6.07) is 7.98. The number of amides is 1. The summed E-state index contributed by atoms with van der Waals surface area (Å²) in [4.78, 5) is 13.0. The van der Waals surface area contributed by atoms with E-state index in [0.717, 1.165) is 5.56 Å². The van der Waals surface area contributed by atoms with Crippen molar-refractivity contribution in [1.29, 1.82) is 0 Å². The lowest BCUT2D eigenvalue weighted by molar-refractivity contribution is 0.0947. The molecule has 1 unspecified atom stereocenters. The van der Waals surface area contributed by atoms with Crippen LogP contribution in [0.4, 0.5) is 4.79 Å². The Bertz CT molecular complexity index is 379. The van der Waals surface area contributed by atoms with E-state index in [1.165, 1.54) is 3.57 Å². The first kappa shape index (κ1) is 11.7. The molecule has 2 rings (SSSR count). The summed E-state index contributed by atoms with van der Waals surface area (Å²) in [6.07, 6.45) is -0.728. The van der Waals surface area contributed by atoms with Gasteiger partial charge in [0.05, 0.1) is 13.2 Å². The molecule has 1 atom stereocenters. The van der Waals surface area contributed by atoms with Crippen LogP contribution in [0.2, 0.25) is 0 Å². The number of nitrogens with zero attached hydrogens (tertiary/aromatic N) is 1. The first-order valence-corrected chi connectivity index (χ1v) is 6.08. The smallest absolute Gasteiger partial charge is 0.410 e. The summed E-state index contributed by atoms with van der Waals surface area (Å²) in [6.45, 7) is 0.877. The molecule has 1 heterocycles. The molecule has 86 valence electrons. The molecule has 4 nitrogen and oxygen atoms in total. The Morgan fingerprint density at radius 3 is 2.69 bits per heavy atom. The van der Waals surface area contributed by atoms with Crippen LogP contribution in [0.3, 0.4) is 0 Å². The molecule has 0 radical (unpaired) electrons. The number of aliphatic hydroxyl groups excluding tert-OH is 1. The molecule has 0 aromatic heterocycles. The van der Waals surface area contributed by atoms with Gasteiger partial charge in [-0.1, -0.05) is 12.1 Å². The summed E-state index contributed by atoms with van der Waals surface area (Å²) in [7, 11) is 0. The van der Waals surface area contributed by atoms with E-state index in [1.54, 1.807) is 4.90 Å². The predicted octanol–water partition coefficient (Wildman–Crippen LogP) is 1.60. The molecule has 1 aromatic carbocycles. The molecule has 1 saturated heterocycles. The van der Waals surface area contributed by atoms with Gasteiger partial charge in [-0.15, -0.1) is 0 Å². The highest BCUT2D eigenvalue weighted by Crippen LogP contribution is 2.15. The monoisotopic (exact) mass is 333 g/mol. The zero-order valence-electron chi connectivity index (χ0n) is 8.60.